The first kappa shape index (κ1) is 11.4. The van der Waals surface area contributed by atoms with Crippen LogP contribution in [-0.4, -0.2) is 42.3 Å². The highest BCUT2D eigenvalue weighted by atomic mass is 32.1. The molecule has 0 aromatic carbocycles. The Morgan fingerprint density at radius 2 is 2.33 bits per heavy atom. The third kappa shape index (κ3) is 2.91. The van der Waals surface area contributed by atoms with E-state index in [9.17, 15) is 9.59 Å². The molecule has 7 heteroatoms. The maximum atomic E-state index is 11.6. The molecule has 0 radical (unpaired) electrons. The van der Waals surface area contributed by atoms with Crippen LogP contribution in [0.1, 0.15) is 10.5 Å². The van der Waals surface area contributed by atoms with E-state index in [2.05, 4.69) is 10.3 Å². The number of hydrogen-bond acceptors (Lipinski definition) is 5. The average molecular weight is 228 g/mol. The number of anilines is 1. The molecule has 6 nitrogen and oxygen atoms in total. The number of nitrogens with two attached hydrogens (primary N) is 1. The van der Waals surface area contributed by atoms with Crippen molar-refractivity contribution in [2.24, 2.45) is 0 Å². The van der Waals surface area contributed by atoms with Crippen LogP contribution in [0.4, 0.5) is 5.13 Å². The monoisotopic (exact) mass is 228 g/mol. The van der Waals surface area contributed by atoms with Gasteiger partial charge in [-0.15, -0.1) is 11.3 Å². The molecule has 0 saturated carbocycles. The van der Waals surface area contributed by atoms with E-state index in [4.69, 9.17) is 5.73 Å². The van der Waals surface area contributed by atoms with Gasteiger partial charge in [-0.3, -0.25) is 9.59 Å². The largest absolute Gasteiger partial charge is 0.375 e. The van der Waals surface area contributed by atoms with Crippen molar-refractivity contribution in [3.63, 3.8) is 0 Å². The summed E-state index contributed by atoms with van der Waals surface area (Å²) in [6.45, 7) is 0.00671. The van der Waals surface area contributed by atoms with Gasteiger partial charge in [0.15, 0.2) is 5.13 Å². The van der Waals surface area contributed by atoms with E-state index in [1.165, 1.54) is 30.3 Å². The van der Waals surface area contributed by atoms with Crippen molar-refractivity contribution in [1.29, 1.82) is 0 Å². The molecule has 1 aromatic heterocycles. The minimum Gasteiger partial charge on any atom is -0.375 e. The zero-order chi connectivity index (χ0) is 11.4. The molecular formula is C8H12N4O2S. The predicted octanol–water partition coefficient (Wildman–Crippen LogP) is -0.457. The molecule has 0 bridgehead atoms. The second kappa shape index (κ2) is 4.74. The minimum absolute atomic E-state index is 0.00671. The number of nitrogens with zero attached hydrogens (tertiary/aromatic N) is 2. The van der Waals surface area contributed by atoms with E-state index < -0.39 is 0 Å². The van der Waals surface area contributed by atoms with Gasteiger partial charge >= 0.3 is 0 Å². The fourth-order valence-corrected chi connectivity index (χ4v) is 1.48. The van der Waals surface area contributed by atoms with Crippen molar-refractivity contribution in [3.05, 3.63) is 11.1 Å². The van der Waals surface area contributed by atoms with Gasteiger partial charge in [-0.1, -0.05) is 0 Å². The third-order valence-electron chi connectivity index (χ3n) is 1.75. The summed E-state index contributed by atoms with van der Waals surface area (Å²) in [7, 11) is 3.05. The molecule has 0 saturated heterocycles. The maximum absolute atomic E-state index is 11.6. The van der Waals surface area contributed by atoms with Crippen LogP contribution >= 0.6 is 11.3 Å². The quantitative estimate of drug-likeness (QED) is 0.733. The molecule has 3 N–H and O–H groups in total. The van der Waals surface area contributed by atoms with Crippen molar-refractivity contribution in [2.45, 2.75) is 0 Å². The first-order valence-electron chi connectivity index (χ1n) is 4.21. The van der Waals surface area contributed by atoms with Crippen molar-refractivity contribution < 1.29 is 9.59 Å². The zero-order valence-electron chi connectivity index (χ0n) is 8.48. The van der Waals surface area contributed by atoms with Gasteiger partial charge in [0.05, 0.1) is 6.54 Å². The van der Waals surface area contributed by atoms with Gasteiger partial charge in [0, 0.05) is 19.5 Å². The SMILES string of the molecule is CNC(=O)CN(C)C(=O)c1csc(N)n1. The number of amides is 2. The molecule has 0 aliphatic rings. The number of nitrogen functional groups attached to an aromatic ring is 1. The molecule has 0 fully saturated rings. The third-order valence-corrected chi connectivity index (χ3v) is 2.42. The molecule has 1 heterocycles. The lowest BCUT2D eigenvalue weighted by atomic mass is 10.4. The Morgan fingerprint density at radius 1 is 1.67 bits per heavy atom. The topological polar surface area (TPSA) is 88.3 Å². The molecule has 15 heavy (non-hydrogen) atoms. The first-order chi connectivity index (χ1) is 7.04. The van der Waals surface area contributed by atoms with Crippen molar-refractivity contribution >= 4 is 28.3 Å². The number of likely N-dealkylation sites (N-methyl/N-ethyl adjacent to an activating group) is 2. The van der Waals surface area contributed by atoms with E-state index in [0.29, 0.717) is 5.13 Å². The summed E-state index contributed by atoms with van der Waals surface area (Å²) in [6.07, 6.45) is 0. The first-order valence-corrected chi connectivity index (χ1v) is 5.09. The Bertz CT molecular complexity index is 376. The Hall–Kier alpha value is -1.63. The number of hydrogen-bond donors (Lipinski definition) is 2. The summed E-state index contributed by atoms with van der Waals surface area (Å²) in [5.41, 5.74) is 5.67. The number of carbonyl (C=O) groups excluding carboxylic acids is 2. The van der Waals surface area contributed by atoms with E-state index in [-0.39, 0.29) is 24.1 Å². The van der Waals surface area contributed by atoms with Crippen LogP contribution in [-0.2, 0) is 4.79 Å². The van der Waals surface area contributed by atoms with Crippen LogP contribution < -0.4 is 11.1 Å². The minimum atomic E-state index is -0.313. The standard InChI is InChI=1S/C8H12N4O2S/c1-10-6(13)3-12(2)7(14)5-4-15-8(9)11-5/h4H,3H2,1-2H3,(H2,9,11)(H,10,13). The van der Waals surface area contributed by atoms with Crippen LogP contribution in [0.3, 0.4) is 0 Å². The highest BCUT2D eigenvalue weighted by molar-refractivity contribution is 7.13. The lowest BCUT2D eigenvalue weighted by Gasteiger charge is -2.14. The number of aromatic nitrogens is 1. The van der Waals surface area contributed by atoms with Gasteiger partial charge < -0.3 is 16.0 Å². The Kier molecular flexibility index (Phi) is 3.62. The number of rotatable bonds is 3. The smallest absolute Gasteiger partial charge is 0.273 e. The summed E-state index contributed by atoms with van der Waals surface area (Å²) in [5.74, 6) is -0.541. The summed E-state index contributed by atoms with van der Waals surface area (Å²) in [4.78, 5) is 27.8. The Balaban J connectivity index is 2.64. The van der Waals surface area contributed by atoms with E-state index in [0.717, 1.165) is 0 Å². The summed E-state index contributed by atoms with van der Waals surface area (Å²) < 4.78 is 0. The summed E-state index contributed by atoms with van der Waals surface area (Å²) >= 11 is 1.19. The van der Waals surface area contributed by atoms with Gasteiger partial charge in [0.2, 0.25) is 5.91 Å². The second-order valence-corrected chi connectivity index (χ2v) is 3.80. The van der Waals surface area contributed by atoms with E-state index in [1.54, 1.807) is 5.38 Å². The van der Waals surface area contributed by atoms with Gasteiger partial charge in [-0.05, 0) is 0 Å². The van der Waals surface area contributed by atoms with Gasteiger partial charge in [-0.2, -0.15) is 0 Å². The fraction of sp³-hybridized carbons (Fsp3) is 0.375. The number of carbonyl (C=O) groups is 2. The molecule has 0 unspecified atom stereocenters. The lowest BCUT2D eigenvalue weighted by Crippen LogP contribution is -2.37. The average Bonchev–Trinajstić information content (AvgIpc) is 2.63. The Labute approximate surface area is 91.1 Å². The predicted molar refractivity (Wildman–Crippen MR) is 57.6 cm³/mol. The van der Waals surface area contributed by atoms with Crippen LogP contribution in [0.15, 0.2) is 5.38 Å². The van der Waals surface area contributed by atoms with E-state index >= 15 is 0 Å². The van der Waals surface area contributed by atoms with Gasteiger partial charge in [0.1, 0.15) is 5.69 Å². The molecule has 82 valence electrons. The van der Waals surface area contributed by atoms with Crippen LogP contribution in [0.25, 0.3) is 0 Å². The van der Waals surface area contributed by atoms with E-state index in [1.807, 2.05) is 0 Å². The van der Waals surface area contributed by atoms with Crippen LogP contribution in [0, 0.1) is 0 Å². The molecule has 2 amide bonds. The van der Waals surface area contributed by atoms with Crippen molar-refractivity contribution in [3.8, 4) is 0 Å². The van der Waals surface area contributed by atoms with Gasteiger partial charge in [-0.25, -0.2) is 4.98 Å². The fourth-order valence-electron chi connectivity index (χ4n) is 0.948. The molecule has 0 aliphatic carbocycles. The van der Waals surface area contributed by atoms with Crippen LogP contribution in [0.2, 0.25) is 0 Å². The normalized spacial score (nSPS) is 9.73. The maximum Gasteiger partial charge on any atom is 0.273 e. The Morgan fingerprint density at radius 3 is 2.80 bits per heavy atom. The molecule has 0 aliphatic heterocycles. The lowest BCUT2D eigenvalue weighted by molar-refractivity contribution is -0.121. The highest BCUT2D eigenvalue weighted by Gasteiger charge is 2.16. The zero-order valence-corrected chi connectivity index (χ0v) is 9.30. The van der Waals surface area contributed by atoms with Crippen molar-refractivity contribution in [2.75, 3.05) is 26.4 Å². The molecule has 0 atom stereocenters. The molecular weight excluding hydrogens is 216 g/mol. The van der Waals surface area contributed by atoms with Gasteiger partial charge in [0.25, 0.3) is 5.91 Å². The number of nitrogens with one attached hydrogen (secondary N) is 1. The number of thiazole rings is 1. The molecule has 0 spiro atoms. The van der Waals surface area contributed by atoms with Crippen molar-refractivity contribution in [1.82, 2.24) is 15.2 Å². The summed E-state index contributed by atoms with van der Waals surface area (Å²) in [5, 5.41) is 4.34. The summed E-state index contributed by atoms with van der Waals surface area (Å²) in [6, 6.07) is 0. The second-order valence-electron chi connectivity index (χ2n) is 2.91. The molecule has 1 rings (SSSR count). The highest BCUT2D eigenvalue weighted by Crippen LogP contribution is 2.12. The molecule has 1 aromatic rings. The van der Waals surface area contributed by atoms with Crippen LogP contribution in [0.5, 0.6) is 0 Å².